The second-order valence-electron chi connectivity index (χ2n) is 9.08. The van der Waals surface area contributed by atoms with Crippen LogP contribution in [0.2, 0.25) is 0 Å². The molecule has 2 aromatic rings. The van der Waals surface area contributed by atoms with Crippen LogP contribution in [0.5, 0.6) is 11.5 Å². The quantitative estimate of drug-likeness (QED) is 0.289. The molecule has 1 aromatic carbocycles. The molecule has 1 aromatic heterocycles. The van der Waals surface area contributed by atoms with Crippen LogP contribution in [0.25, 0.3) is 11.5 Å². The highest BCUT2D eigenvalue weighted by molar-refractivity contribution is 5.98. The van der Waals surface area contributed by atoms with E-state index < -0.39 is 43.1 Å². The van der Waals surface area contributed by atoms with Crippen LogP contribution in [0, 0.1) is 5.92 Å². The summed E-state index contributed by atoms with van der Waals surface area (Å²) in [5.41, 5.74) is 10.5. The summed E-state index contributed by atoms with van der Waals surface area (Å²) in [6.45, 7) is 0.877. The minimum Gasteiger partial charge on any atom is -0.489 e. The Labute approximate surface area is 246 Å². The largest absolute Gasteiger partial charge is 0.489 e. The number of primary amides is 1. The highest BCUT2D eigenvalue weighted by Crippen LogP contribution is 2.37. The average Bonchev–Trinajstić information content (AvgIpc) is 3.50. The van der Waals surface area contributed by atoms with E-state index >= 15 is 0 Å². The maximum absolute atomic E-state index is 13.3. The second-order valence-corrected chi connectivity index (χ2v) is 9.08. The van der Waals surface area contributed by atoms with Gasteiger partial charge in [-0.2, -0.15) is 8.78 Å². The van der Waals surface area contributed by atoms with Crippen molar-refractivity contribution in [2.24, 2.45) is 17.4 Å². The van der Waals surface area contributed by atoms with Crippen molar-refractivity contribution in [1.82, 2.24) is 15.2 Å². The van der Waals surface area contributed by atoms with Crippen molar-refractivity contribution in [1.29, 1.82) is 0 Å². The molecule has 1 aliphatic heterocycles. The van der Waals surface area contributed by atoms with E-state index in [0.717, 1.165) is 12.8 Å². The van der Waals surface area contributed by atoms with Gasteiger partial charge in [-0.1, -0.05) is 13.8 Å². The lowest BCUT2D eigenvalue weighted by Gasteiger charge is -2.23. The van der Waals surface area contributed by atoms with Crippen LogP contribution in [0.4, 0.5) is 13.6 Å². The summed E-state index contributed by atoms with van der Waals surface area (Å²) in [6.07, 6.45) is 2.17. The molecule has 2 fully saturated rings. The van der Waals surface area contributed by atoms with Crippen molar-refractivity contribution in [2.45, 2.75) is 58.7 Å². The number of carboxylic acid groups (broad SMARTS) is 1. The molecule has 1 saturated carbocycles. The number of carbonyl (C=O) groups is 4. The number of alkyl halides is 2. The zero-order valence-corrected chi connectivity index (χ0v) is 24.1. The summed E-state index contributed by atoms with van der Waals surface area (Å²) in [5, 5.41) is 11.1. The van der Waals surface area contributed by atoms with E-state index in [0.29, 0.717) is 30.9 Å². The number of nitrogens with one attached hydrogen (secondary N) is 1. The number of hydrogen-bond acceptors (Lipinski definition) is 10. The van der Waals surface area contributed by atoms with Gasteiger partial charge in [0.25, 0.3) is 5.91 Å². The van der Waals surface area contributed by atoms with E-state index in [1.807, 2.05) is 13.8 Å². The summed E-state index contributed by atoms with van der Waals surface area (Å²) in [5.74, 6) is -1.93. The standard InChI is InChI=1S/C23H26F2N4O7.C2H5NO2.C2H6/c24-23(25)36-15-6-5-13(8-16(15)34-11-12-3-4-12)21-28-19(17(9-26)35-21)22(33)29-7-1-2-14(29)20(32)27-10-18(30)31;1-5-2(3)4;1-2/h5-6,8,12,14,23H,1-4,7,9-11,26H2,(H,27,32)(H,30,31);1H3,(H2,3,4);1-2H3. The molecule has 1 aliphatic carbocycles. The third-order valence-corrected chi connectivity index (χ3v) is 6.09. The molecule has 16 heteroatoms. The lowest BCUT2D eigenvalue weighted by atomic mass is 10.2. The van der Waals surface area contributed by atoms with E-state index in [9.17, 15) is 28.0 Å². The maximum Gasteiger partial charge on any atom is 0.404 e. The summed E-state index contributed by atoms with van der Waals surface area (Å²) < 4.78 is 45.5. The lowest BCUT2D eigenvalue weighted by molar-refractivity contribution is -0.138. The molecule has 238 valence electrons. The topological polar surface area (TPSA) is 210 Å². The van der Waals surface area contributed by atoms with Crippen molar-refractivity contribution in [3.05, 3.63) is 29.7 Å². The molecule has 2 heterocycles. The van der Waals surface area contributed by atoms with Gasteiger partial charge in [0.2, 0.25) is 11.8 Å². The Balaban J connectivity index is 0.000000836. The number of aliphatic carboxylic acids is 1. The Kier molecular flexibility index (Phi) is 13.6. The number of carbonyl (C=O) groups excluding carboxylic acids is 3. The monoisotopic (exact) mass is 613 g/mol. The van der Waals surface area contributed by atoms with Gasteiger partial charge in [0.05, 0.1) is 20.3 Å². The summed E-state index contributed by atoms with van der Waals surface area (Å²) in [4.78, 5) is 51.4. The number of amides is 3. The van der Waals surface area contributed by atoms with Crippen molar-refractivity contribution in [2.75, 3.05) is 26.8 Å². The Morgan fingerprint density at radius 3 is 2.42 bits per heavy atom. The number of methoxy groups -OCH3 is 1. The fourth-order valence-corrected chi connectivity index (χ4v) is 3.92. The number of aromatic nitrogens is 1. The first-order valence-corrected chi connectivity index (χ1v) is 13.6. The van der Waals surface area contributed by atoms with Crippen LogP contribution in [-0.2, 0) is 20.9 Å². The van der Waals surface area contributed by atoms with Crippen molar-refractivity contribution < 1.29 is 51.7 Å². The molecule has 1 unspecified atom stereocenters. The molecule has 6 N–H and O–H groups in total. The summed E-state index contributed by atoms with van der Waals surface area (Å²) in [6, 6.07) is 3.34. The first-order chi connectivity index (χ1) is 20.5. The van der Waals surface area contributed by atoms with Gasteiger partial charge < -0.3 is 45.4 Å². The third kappa shape index (κ3) is 10.4. The van der Waals surface area contributed by atoms with Gasteiger partial charge >= 0.3 is 18.7 Å². The van der Waals surface area contributed by atoms with Gasteiger partial charge in [-0.05, 0) is 49.8 Å². The molecule has 14 nitrogen and oxygen atoms in total. The van der Waals surface area contributed by atoms with Crippen molar-refractivity contribution in [3.63, 3.8) is 0 Å². The Bertz CT molecular complexity index is 1250. The van der Waals surface area contributed by atoms with E-state index in [1.165, 1.54) is 30.2 Å². The zero-order valence-electron chi connectivity index (χ0n) is 24.1. The van der Waals surface area contributed by atoms with Gasteiger partial charge in [-0.3, -0.25) is 14.4 Å². The van der Waals surface area contributed by atoms with Crippen molar-refractivity contribution >= 4 is 23.9 Å². The molecule has 2 aliphatic rings. The predicted molar refractivity (Wildman–Crippen MR) is 147 cm³/mol. The summed E-state index contributed by atoms with van der Waals surface area (Å²) in [7, 11) is 1.22. The minimum atomic E-state index is -3.03. The minimum absolute atomic E-state index is 0.0183. The smallest absolute Gasteiger partial charge is 0.404 e. The predicted octanol–water partition coefficient (Wildman–Crippen LogP) is 2.73. The Hall–Kier alpha value is -4.47. The Morgan fingerprint density at radius 1 is 1.19 bits per heavy atom. The van der Waals surface area contributed by atoms with Crippen LogP contribution < -0.4 is 26.3 Å². The fourth-order valence-electron chi connectivity index (χ4n) is 3.92. The van der Waals surface area contributed by atoms with Crippen LogP contribution in [0.1, 0.15) is 55.8 Å². The maximum atomic E-state index is 13.3. The van der Waals surface area contributed by atoms with E-state index in [2.05, 4.69) is 25.5 Å². The number of benzene rings is 1. The van der Waals surface area contributed by atoms with E-state index in [1.54, 1.807) is 0 Å². The highest BCUT2D eigenvalue weighted by Gasteiger charge is 2.37. The van der Waals surface area contributed by atoms with Crippen LogP contribution in [-0.4, -0.2) is 78.3 Å². The Morgan fingerprint density at radius 2 is 1.86 bits per heavy atom. The number of nitrogens with two attached hydrogens (primary N) is 2. The number of likely N-dealkylation sites (tertiary alicyclic amines) is 1. The molecule has 1 saturated heterocycles. The highest BCUT2D eigenvalue weighted by atomic mass is 19.3. The zero-order chi connectivity index (χ0) is 32.1. The molecule has 0 spiro atoms. The van der Waals surface area contributed by atoms with Gasteiger partial charge in [0, 0.05) is 12.1 Å². The van der Waals surface area contributed by atoms with Crippen molar-refractivity contribution in [3.8, 4) is 23.0 Å². The molecule has 1 atom stereocenters. The molecule has 3 amide bonds. The number of oxazole rings is 1. The lowest BCUT2D eigenvalue weighted by Crippen LogP contribution is -2.47. The molecule has 0 radical (unpaired) electrons. The van der Waals surface area contributed by atoms with Gasteiger partial charge in [0.15, 0.2) is 23.0 Å². The first kappa shape index (κ1) is 34.7. The number of nitrogens with zero attached hydrogens (tertiary/aromatic N) is 2. The third-order valence-electron chi connectivity index (χ3n) is 6.09. The first-order valence-electron chi connectivity index (χ1n) is 13.6. The summed E-state index contributed by atoms with van der Waals surface area (Å²) >= 11 is 0. The van der Waals surface area contributed by atoms with E-state index in [4.69, 9.17) is 20.0 Å². The van der Waals surface area contributed by atoms with Gasteiger partial charge in [-0.15, -0.1) is 0 Å². The SMILES string of the molecule is CC.COC(N)=O.NCc1oc(-c2ccc(OC(F)F)c(OCC3CC3)c2)nc1C(=O)N1CCCC1C(=O)NCC(=O)O. The fraction of sp³-hybridized carbons (Fsp3) is 0.519. The van der Waals surface area contributed by atoms with Gasteiger partial charge in [-0.25, -0.2) is 9.78 Å². The van der Waals surface area contributed by atoms with Crippen LogP contribution in [0.15, 0.2) is 22.6 Å². The van der Waals surface area contributed by atoms with Gasteiger partial charge in [0.1, 0.15) is 12.6 Å². The normalized spacial score (nSPS) is 15.4. The van der Waals surface area contributed by atoms with Crippen LogP contribution >= 0.6 is 0 Å². The molecule has 43 heavy (non-hydrogen) atoms. The average molecular weight is 614 g/mol. The molecular weight excluding hydrogens is 576 g/mol. The number of hydrogen-bond donors (Lipinski definition) is 4. The van der Waals surface area contributed by atoms with E-state index in [-0.39, 0.29) is 41.9 Å². The number of carboxylic acids is 1. The second kappa shape index (κ2) is 16.8. The van der Waals surface area contributed by atoms with Crippen LogP contribution in [0.3, 0.4) is 0 Å². The molecule has 4 rings (SSSR count). The number of halogens is 2. The molecular formula is C27H37F2N5O9. The number of rotatable bonds is 11. The molecule has 0 bridgehead atoms. The number of ether oxygens (including phenoxy) is 3.